The molecule has 4 heterocycles. The molecule has 0 spiro atoms. The molecule has 10 aromatic rings. The first-order valence-corrected chi connectivity index (χ1v) is 26.5. The fourth-order valence-corrected chi connectivity index (χ4v) is 10.5. The van der Waals surface area contributed by atoms with Gasteiger partial charge in [-0.25, -0.2) is 4.98 Å². The summed E-state index contributed by atoms with van der Waals surface area (Å²) in [5.74, 6) is 0.774. The Bertz CT molecular complexity index is 3280. The molecule has 10 rings (SSSR count). The Kier molecular flexibility index (Phi) is 13.3. The van der Waals surface area contributed by atoms with Gasteiger partial charge in [-0.1, -0.05) is 157 Å². The van der Waals surface area contributed by atoms with E-state index in [1.165, 1.54) is 16.3 Å². The second-order valence-electron chi connectivity index (χ2n) is 20.7. The van der Waals surface area contributed by atoms with Gasteiger partial charge in [0.05, 0.1) is 36.2 Å². The first-order valence-electron chi connectivity index (χ1n) is 23.0. The van der Waals surface area contributed by atoms with Crippen LogP contribution in [0.2, 0.25) is 19.6 Å². The van der Waals surface area contributed by atoms with E-state index < -0.39 is 8.07 Å². The minimum atomic E-state index is -1.37. The van der Waals surface area contributed by atoms with Crippen LogP contribution in [0, 0.1) is 24.5 Å². The van der Waals surface area contributed by atoms with Crippen molar-refractivity contribution in [3.8, 4) is 50.6 Å². The predicted molar refractivity (Wildman–Crippen MR) is 279 cm³/mol. The third-order valence-electron chi connectivity index (χ3n) is 12.1. The Morgan fingerprint density at radius 3 is 1.91 bits per heavy atom. The van der Waals surface area contributed by atoms with Gasteiger partial charge in [0, 0.05) is 48.5 Å². The number of hydrogen-bond acceptors (Lipinski definition) is 4. The van der Waals surface area contributed by atoms with E-state index in [-0.39, 0.29) is 30.9 Å². The SMILES string of the molecule is CC(C)(C)Cc1cc(-c2[c-]cccc2)ncc1[Si](C)(C)C.Cc1ccc2c(n1)oc1c(-c3nc4ccccc4n3-c3c(-c4ccccc4)cc(C(C)(C)C)cc3-c3ccccc3)[c-]ccc12.[Ir]. The van der Waals surface area contributed by atoms with Crippen LogP contribution in [0.25, 0.3) is 83.7 Å². The fraction of sp³-hybridized carbons (Fsp3) is 0.217. The normalized spacial score (nSPS) is 12.0. The third-order valence-corrected chi connectivity index (χ3v) is 14.2. The molecule has 1 radical (unpaired) electrons. The summed E-state index contributed by atoms with van der Waals surface area (Å²) in [6.45, 7) is 22.9. The van der Waals surface area contributed by atoms with Crippen LogP contribution >= 0.6 is 0 Å². The smallest absolute Gasteiger partial charge is 0.216 e. The van der Waals surface area contributed by atoms with Crippen LogP contribution in [0.4, 0.5) is 0 Å². The molecule has 0 saturated carbocycles. The number of aryl methyl sites for hydroxylation is 1. The number of rotatable bonds is 7. The first-order chi connectivity index (χ1) is 31.5. The van der Waals surface area contributed by atoms with Gasteiger partial charge < -0.3 is 14.0 Å². The van der Waals surface area contributed by atoms with Crippen LogP contribution < -0.4 is 5.19 Å². The molecule has 67 heavy (non-hydrogen) atoms. The van der Waals surface area contributed by atoms with Crippen LogP contribution in [0.5, 0.6) is 0 Å². The van der Waals surface area contributed by atoms with Crippen molar-refractivity contribution in [3.05, 3.63) is 187 Å². The molecule has 0 bridgehead atoms. The van der Waals surface area contributed by atoms with Gasteiger partial charge in [0.15, 0.2) is 0 Å². The quantitative estimate of drug-likeness (QED) is 0.118. The summed E-state index contributed by atoms with van der Waals surface area (Å²) in [4.78, 5) is 14.7. The monoisotopic (exact) mass is 1070 g/mol. The second-order valence-corrected chi connectivity index (χ2v) is 25.7. The Hall–Kier alpha value is -6.24. The second kappa shape index (κ2) is 18.8. The molecular formula is C60H58IrN4OSi-2. The van der Waals surface area contributed by atoms with Gasteiger partial charge in [0.2, 0.25) is 5.71 Å². The summed E-state index contributed by atoms with van der Waals surface area (Å²) in [6.07, 6.45) is 3.21. The van der Waals surface area contributed by atoms with E-state index in [0.29, 0.717) is 5.71 Å². The van der Waals surface area contributed by atoms with Gasteiger partial charge in [-0.15, -0.1) is 54.1 Å². The van der Waals surface area contributed by atoms with Gasteiger partial charge in [0.1, 0.15) is 0 Å². The Labute approximate surface area is 410 Å². The average molecular weight is 1070 g/mol. The molecule has 6 aromatic carbocycles. The van der Waals surface area contributed by atoms with Crippen LogP contribution in [-0.4, -0.2) is 27.6 Å². The molecule has 0 unspecified atom stereocenters. The van der Waals surface area contributed by atoms with E-state index in [1.807, 2.05) is 43.3 Å². The molecule has 339 valence electrons. The summed E-state index contributed by atoms with van der Waals surface area (Å²) in [5.41, 5.74) is 15.7. The van der Waals surface area contributed by atoms with Gasteiger partial charge in [-0.3, -0.25) is 4.98 Å². The molecule has 0 N–H and O–H groups in total. The topological polar surface area (TPSA) is 56.7 Å². The number of benzene rings is 6. The Morgan fingerprint density at radius 1 is 0.657 bits per heavy atom. The minimum absolute atomic E-state index is 0. The fourth-order valence-electron chi connectivity index (χ4n) is 8.87. The van der Waals surface area contributed by atoms with Crippen molar-refractivity contribution in [2.75, 3.05) is 0 Å². The molecule has 7 heteroatoms. The number of furan rings is 1. The molecule has 0 saturated heterocycles. The van der Waals surface area contributed by atoms with E-state index in [9.17, 15) is 0 Å². The zero-order valence-corrected chi connectivity index (χ0v) is 43.6. The number of aromatic nitrogens is 4. The number of nitrogens with zero attached hydrogens (tertiary/aromatic N) is 4. The van der Waals surface area contributed by atoms with E-state index in [2.05, 4.69) is 199 Å². The van der Waals surface area contributed by atoms with Crippen LogP contribution in [0.15, 0.2) is 162 Å². The molecule has 0 fully saturated rings. The molecule has 0 aliphatic carbocycles. The maximum atomic E-state index is 6.50. The number of pyridine rings is 2. The van der Waals surface area contributed by atoms with Crippen molar-refractivity contribution in [2.45, 2.75) is 79.9 Å². The van der Waals surface area contributed by atoms with E-state index in [0.717, 1.165) is 90.1 Å². The zero-order chi connectivity index (χ0) is 46.4. The van der Waals surface area contributed by atoms with Crippen molar-refractivity contribution in [1.29, 1.82) is 0 Å². The van der Waals surface area contributed by atoms with Crippen molar-refractivity contribution in [3.63, 3.8) is 0 Å². The third kappa shape index (κ3) is 9.92. The Balaban J connectivity index is 0.000000234. The number of hydrogen-bond donors (Lipinski definition) is 0. The van der Waals surface area contributed by atoms with Crippen LogP contribution in [0.3, 0.4) is 0 Å². The standard InChI is InChI=1S/C41H32N3O.C19H26NSi.Ir/c1-26-22-23-31-30-18-13-19-32(38(30)45-40(31)42-26)39-43-35-20-11-12-21-36(35)44(39)37-33(27-14-7-5-8-15-27)24-29(41(2,3)4)25-34(37)28-16-9-6-10-17-28;1-19(2,3)13-16-12-17(15-10-8-7-9-11-15)20-14-18(16)21(4,5)6;/h5-18,20-25H,1-4H3;7-10,12,14H,13H2,1-6H3;/q2*-1;. The summed E-state index contributed by atoms with van der Waals surface area (Å²) in [7, 11) is -1.37. The molecule has 5 nitrogen and oxygen atoms in total. The van der Waals surface area contributed by atoms with Gasteiger partial charge in [-0.05, 0) is 88.1 Å². The first kappa shape index (κ1) is 47.3. The summed E-state index contributed by atoms with van der Waals surface area (Å²) in [5, 5.41) is 3.47. The van der Waals surface area contributed by atoms with Gasteiger partial charge in [-0.2, -0.15) is 0 Å². The van der Waals surface area contributed by atoms with E-state index in [4.69, 9.17) is 19.4 Å². The summed E-state index contributed by atoms with van der Waals surface area (Å²) < 4.78 is 8.81. The molecular weight excluding hydrogens is 1010 g/mol. The van der Waals surface area contributed by atoms with Crippen LogP contribution in [0.1, 0.15) is 58.4 Å². The zero-order valence-electron chi connectivity index (χ0n) is 40.2. The molecule has 0 aliphatic rings. The molecule has 4 aromatic heterocycles. The van der Waals surface area contributed by atoms with Crippen molar-refractivity contribution >= 4 is 46.4 Å². The average Bonchev–Trinajstić information content (AvgIpc) is 3.86. The largest absolute Gasteiger partial charge is 0.486 e. The van der Waals surface area contributed by atoms with Gasteiger partial charge in [0.25, 0.3) is 0 Å². The van der Waals surface area contributed by atoms with E-state index in [1.54, 1.807) is 0 Å². The van der Waals surface area contributed by atoms with Crippen molar-refractivity contribution in [1.82, 2.24) is 19.5 Å². The predicted octanol–water partition coefficient (Wildman–Crippen LogP) is 15.4. The maximum absolute atomic E-state index is 6.50. The van der Waals surface area contributed by atoms with Crippen LogP contribution in [-0.2, 0) is 31.9 Å². The number of fused-ring (bicyclic) bond motifs is 4. The van der Waals surface area contributed by atoms with Gasteiger partial charge >= 0.3 is 0 Å². The van der Waals surface area contributed by atoms with Crippen molar-refractivity contribution in [2.24, 2.45) is 5.41 Å². The molecule has 0 aliphatic heterocycles. The number of para-hydroxylation sites is 2. The maximum Gasteiger partial charge on any atom is 0.216 e. The summed E-state index contributed by atoms with van der Waals surface area (Å²) in [6, 6.07) is 59.7. The molecule has 0 atom stereocenters. The summed E-state index contributed by atoms with van der Waals surface area (Å²) >= 11 is 0. The number of imidazole rings is 1. The Morgan fingerprint density at radius 2 is 1.30 bits per heavy atom. The molecule has 0 amide bonds. The minimum Gasteiger partial charge on any atom is -0.486 e. The van der Waals surface area contributed by atoms with E-state index >= 15 is 0 Å². The van der Waals surface area contributed by atoms with Crippen molar-refractivity contribution < 1.29 is 24.5 Å².